The van der Waals surface area contributed by atoms with Crippen LogP contribution in [0.25, 0.3) is 0 Å². The number of aromatic nitrogens is 2. The summed E-state index contributed by atoms with van der Waals surface area (Å²) in [6.45, 7) is 4.29. The van der Waals surface area contributed by atoms with Crippen LogP contribution in [0.2, 0.25) is 0 Å². The van der Waals surface area contributed by atoms with Gasteiger partial charge in [0.1, 0.15) is 12.4 Å². The van der Waals surface area contributed by atoms with Gasteiger partial charge in [-0.05, 0) is 19.4 Å². The number of hydrogen-bond acceptors (Lipinski definition) is 4. The number of ether oxygens (including phenoxy) is 1. The van der Waals surface area contributed by atoms with Gasteiger partial charge in [-0.15, -0.1) is 0 Å². The highest BCUT2D eigenvalue weighted by molar-refractivity contribution is 5.86. The molecule has 7 nitrogen and oxygen atoms in total. The van der Waals surface area contributed by atoms with Crippen LogP contribution >= 0.6 is 0 Å². The molecule has 1 aliphatic rings. The first kappa shape index (κ1) is 17.2. The zero-order valence-electron chi connectivity index (χ0n) is 14.3. The van der Waals surface area contributed by atoms with E-state index in [1.807, 2.05) is 41.1 Å². The Bertz CT molecular complexity index is 742. The zero-order chi connectivity index (χ0) is 17.8. The van der Waals surface area contributed by atoms with E-state index in [0.29, 0.717) is 6.54 Å². The molecular formula is C18H22N4O3. The third-order valence-electron chi connectivity index (χ3n) is 4.16. The Balaban J connectivity index is 1.71. The van der Waals surface area contributed by atoms with E-state index in [1.54, 1.807) is 6.20 Å². The van der Waals surface area contributed by atoms with Gasteiger partial charge in [-0.3, -0.25) is 9.59 Å². The van der Waals surface area contributed by atoms with Gasteiger partial charge in [-0.2, -0.15) is 0 Å². The molecular weight excluding hydrogens is 320 g/mol. The molecule has 2 unspecified atom stereocenters. The van der Waals surface area contributed by atoms with Crippen LogP contribution in [-0.2, 0) is 20.9 Å². The number of imidazole rings is 1. The van der Waals surface area contributed by atoms with E-state index < -0.39 is 12.1 Å². The summed E-state index contributed by atoms with van der Waals surface area (Å²) in [5.41, 5.74) is 0.833. The number of morpholine rings is 1. The fraction of sp³-hybridized carbons (Fsp3) is 0.389. The van der Waals surface area contributed by atoms with Crippen molar-refractivity contribution in [3.8, 4) is 0 Å². The van der Waals surface area contributed by atoms with Gasteiger partial charge in [-0.1, -0.05) is 30.3 Å². The van der Waals surface area contributed by atoms with Crippen LogP contribution in [0.15, 0.2) is 42.7 Å². The first-order valence-corrected chi connectivity index (χ1v) is 8.31. The highest BCUT2D eigenvalue weighted by Gasteiger charge is 2.35. The number of rotatable bonds is 5. The van der Waals surface area contributed by atoms with Crippen LogP contribution in [0.3, 0.4) is 0 Å². The van der Waals surface area contributed by atoms with Crippen LogP contribution < -0.4 is 10.6 Å². The molecule has 7 heteroatoms. The molecule has 2 N–H and O–H groups in total. The minimum atomic E-state index is -0.775. The van der Waals surface area contributed by atoms with Crippen molar-refractivity contribution in [1.82, 2.24) is 20.2 Å². The molecule has 0 radical (unpaired) electrons. The van der Waals surface area contributed by atoms with Crippen molar-refractivity contribution in [2.24, 2.45) is 0 Å². The SMILES string of the molecule is CC(C)n1ccnc1CNC(=O)C1OCC(=O)NC1c1ccccc1. The predicted octanol–water partition coefficient (Wildman–Crippen LogP) is 1.34. The lowest BCUT2D eigenvalue weighted by Crippen LogP contribution is -2.52. The van der Waals surface area contributed by atoms with Crippen molar-refractivity contribution in [1.29, 1.82) is 0 Å². The molecule has 25 heavy (non-hydrogen) atoms. The number of nitrogens with one attached hydrogen (secondary N) is 2. The van der Waals surface area contributed by atoms with Crippen LogP contribution in [0, 0.1) is 0 Å². The Morgan fingerprint density at radius 1 is 1.40 bits per heavy atom. The normalized spacial score (nSPS) is 20.4. The molecule has 2 amide bonds. The van der Waals surface area contributed by atoms with Crippen molar-refractivity contribution < 1.29 is 14.3 Å². The molecule has 1 aliphatic heterocycles. The molecule has 1 aromatic carbocycles. The fourth-order valence-electron chi connectivity index (χ4n) is 2.92. The van der Waals surface area contributed by atoms with Crippen LogP contribution in [0.4, 0.5) is 0 Å². The average Bonchev–Trinajstić information content (AvgIpc) is 3.09. The first-order chi connectivity index (χ1) is 12.1. The van der Waals surface area contributed by atoms with Gasteiger partial charge in [0, 0.05) is 18.4 Å². The second-order valence-corrected chi connectivity index (χ2v) is 6.25. The van der Waals surface area contributed by atoms with Crippen LogP contribution in [0.1, 0.15) is 37.3 Å². The van der Waals surface area contributed by atoms with Crippen molar-refractivity contribution >= 4 is 11.8 Å². The minimum absolute atomic E-state index is 0.123. The van der Waals surface area contributed by atoms with Crippen molar-refractivity contribution in [3.05, 3.63) is 54.1 Å². The monoisotopic (exact) mass is 342 g/mol. The maximum atomic E-state index is 12.6. The Hall–Kier alpha value is -2.67. The summed E-state index contributed by atoms with van der Waals surface area (Å²) in [5.74, 6) is 0.278. The Kier molecular flexibility index (Phi) is 5.14. The van der Waals surface area contributed by atoms with Gasteiger partial charge >= 0.3 is 0 Å². The van der Waals surface area contributed by atoms with E-state index in [-0.39, 0.29) is 24.5 Å². The lowest BCUT2D eigenvalue weighted by atomic mass is 9.99. The quantitative estimate of drug-likeness (QED) is 0.859. The Labute approximate surface area is 146 Å². The van der Waals surface area contributed by atoms with Crippen LogP contribution in [0.5, 0.6) is 0 Å². The third kappa shape index (κ3) is 3.88. The summed E-state index contributed by atoms with van der Waals surface area (Å²) in [6, 6.07) is 9.10. The molecule has 2 atom stereocenters. The summed E-state index contributed by atoms with van der Waals surface area (Å²) >= 11 is 0. The summed E-state index contributed by atoms with van der Waals surface area (Å²) in [5, 5.41) is 5.71. The van der Waals surface area contributed by atoms with E-state index in [2.05, 4.69) is 29.5 Å². The lowest BCUT2D eigenvalue weighted by molar-refractivity contribution is -0.148. The lowest BCUT2D eigenvalue weighted by Gasteiger charge is -2.31. The predicted molar refractivity (Wildman–Crippen MR) is 91.5 cm³/mol. The third-order valence-corrected chi connectivity index (χ3v) is 4.16. The second kappa shape index (κ2) is 7.48. The van der Waals surface area contributed by atoms with Crippen molar-refractivity contribution in [2.75, 3.05) is 6.61 Å². The van der Waals surface area contributed by atoms with Crippen molar-refractivity contribution in [2.45, 2.75) is 38.6 Å². The highest BCUT2D eigenvalue weighted by atomic mass is 16.5. The number of hydrogen-bond donors (Lipinski definition) is 2. The molecule has 132 valence electrons. The molecule has 2 aromatic rings. The minimum Gasteiger partial charge on any atom is -0.356 e. The van der Waals surface area contributed by atoms with Gasteiger partial charge in [0.15, 0.2) is 6.10 Å². The standard InChI is InChI=1S/C18H22N4O3/c1-12(2)22-9-8-19-14(22)10-20-18(24)17-16(21-15(23)11-25-17)13-6-4-3-5-7-13/h3-9,12,16-17H,10-11H2,1-2H3,(H,20,24)(H,21,23). The number of nitrogens with zero attached hydrogens (tertiary/aromatic N) is 2. The molecule has 0 bridgehead atoms. The van der Waals surface area contributed by atoms with E-state index in [1.165, 1.54) is 0 Å². The van der Waals surface area contributed by atoms with Crippen LogP contribution in [-0.4, -0.2) is 34.1 Å². The molecule has 3 rings (SSSR count). The summed E-state index contributed by atoms with van der Waals surface area (Å²) in [4.78, 5) is 28.6. The highest BCUT2D eigenvalue weighted by Crippen LogP contribution is 2.22. The molecule has 0 saturated carbocycles. The van der Waals surface area contributed by atoms with Gasteiger partial charge < -0.3 is 19.9 Å². The van der Waals surface area contributed by atoms with E-state index in [9.17, 15) is 9.59 Å². The van der Waals surface area contributed by atoms with Gasteiger partial charge in [-0.25, -0.2) is 4.98 Å². The maximum Gasteiger partial charge on any atom is 0.252 e. The van der Waals surface area contributed by atoms with Gasteiger partial charge in [0.25, 0.3) is 5.91 Å². The van der Waals surface area contributed by atoms with Gasteiger partial charge in [0.2, 0.25) is 5.91 Å². The second-order valence-electron chi connectivity index (χ2n) is 6.25. The number of amides is 2. The van der Waals surface area contributed by atoms with E-state index >= 15 is 0 Å². The first-order valence-electron chi connectivity index (χ1n) is 8.31. The molecule has 2 heterocycles. The molecule has 1 aromatic heterocycles. The summed E-state index contributed by atoms with van der Waals surface area (Å²) in [6.07, 6.45) is 2.82. The molecule has 0 spiro atoms. The zero-order valence-corrected chi connectivity index (χ0v) is 14.3. The van der Waals surface area contributed by atoms with E-state index in [4.69, 9.17) is 4.74 Å². The maximum absolute atomic E-state index is 12.6. The number of carbonyl (C=O) groups is 2. The largest absolute Gasteiger partial charge is 0.356 e. The Morgan fingerprint density at radius 2 is 2.16 bits per heavy atom. The molecule has 0 aliphatic carbocycles. The number of carbonyl (C=O) groups excluding carboxylic acids is 2. The van der Waals surface area contributed by atoms with Crippen molar-refractivity contribution in [3.63, 3.8) is 0 Å². The summed E-state index contributed by atoms with van der Waals surface area (Å²) < 4.78 is 7.51. The van der Waals surface area contributed by atoms with E-state index in [0.717, 1.165) is 11.4 Å². The Morgan fingerprint density at radius 3 is 2.88 bits per heavy atom. The van der Waals surface area contributed by atoms with Gasteiger partial charge in [0.05, 0.1) is 12.6 Å². The molecule has 1 fully saturated rings. The smallest absolute Gasteiger partial charge is 0.252 e. The topological polar surface area (TPSA) is 85.2 Å². The summed E-state index contributed by atoms with van der Waals surface area (Å²) in [7, 11) is 0. The fourth-order valence-corrected chi connectivity index (χ4v) is 2.92. The number of benzene rings is 1. The molecule has 1 saturated heterocycles. The average molecular weight is 342 g/mol.